The number of rotatable bonds is 3. The third-order valence-corrected chi connectivity index (χ3v) is 3.63. The molecule has 2 rings (SSSR count). The molecule has 0 fully saturated rings. The van der Waals surface area contributed by atoms with Crippen LogP contribution in [0, 0.1) is 0 Å². The van der Waals surface area contributed by atoms with Crippen LogP contribution in [0.1, 0.15) is 12.0 Å². The van der Waals surface area contributed by atoms with E-state index in [4.69, 9.17) is 0 Å². The van der Waals surface area contributed by atoms with Gasteiger partial charge in [0.05, 0.1) is 17.3 Å². The van der Waals surface area contributed by atoms with Crippen LogP contribution in [0.5, 0.6) is 0 Å². The lowest BCUT2D eigenvalue weighted by atomic mass is 10.0. The lowest BCUT2D eigenvalue weighted by molar-refractivity contribution is -0.112. The van der Waals surface area contributed by atoms with E-state index in [9.17, 15) is 4.79 Å². The fourth-order valence-electron chi connectivity index (χ4n) is 1.76. The number of benzene rings is 1. The largest absolute Gasteiger partial charge is 0.294 e. The minimum Gasteiger partial charge on any atom is -0.294 e. The molecule has 0 aliphatic carbocycles. The molecule has 18 heavy (non-hydrogen) atoms. The van der Waals surface area contributed by atoms with Gasteiger partial charge in [0.15, 0.2) is 5.78 Å². The summed E-state index contributed by atoms with van der Waals surface area (Å²) in [7, 11) is 0. The van der Waals surface area contributed by atoms with Crippen LogP contribution >= 0.6 is 11.8 Å². The van der Waals surface area contributed by atoms with Gasteiger partial charge >= 0.3 is 0 Å². The van der Waals surface area contributed by atoms with Gasteiger partial charge in [0, 0.05) is 6.42 Å². The number of thioether (sulfide) groups is 1. The average molecular weight is 257 g/mol. The van der Waals surface area contributed by atoms with Crippen LogP contribution in [-0.2, 0) is 4.79 Å². The minimum atomic E-state index is 0.155. The Bertz CT molecular complexity index is 502. The summed E-state index contributed by atoms with van der Waals surface area (Å²) in [6, 6.07) is 10.0. The van der Waals surface area contributed by atoms with Crippen LogP contribution < -0.4 is 0 Å². The van der Waals surface area contributed by atoms with Gasteiger partial charge in [-0.05, 0) is 17.2 Å². The van der Waals surface area contributed by atoms with Gasteiger partial charge in [0.25, 0.3) is 0 Å². The van der Waals surface area contributed by atoms with Gasteiger partial charge in [0.1, 0.15) is 0 Å². The van der Waals surface area contributed by atoms with Crippen molar-refractivity contribution in [2.24, 2.45) is 4.99 Å². The maximum absolute atomic E-state index is 11.7. The van der Waals surface area contributed by atoms with Crippen molar-refractivity contribution >= 4 is 28.2 Å². The minimum absolute atomic E-state index is 0.155. The molecule has 1 aromatic carbocycles. The quantitative estimate of drug-likeness (QED) is 0.777. The zero-order valence-corrected chi connectivity index (χ0v) is 11.0. The van der Waals surface area contributed by atoms with E-state index in [2.05, 4.69) is 11.6 Å². The van der Waals surface area contributed by atoms with E-state index in [0.29, 0.717) is 12.3 Å². The SMILES string of the molecule is C=CCN=C1CC(c2ccccc2)=CC(=O)CS1. The van der Waals surface area contributed by atoms with E-state index in [-0.39, 0.29) is 5.78 Å². The molecule has 0 aromatic heterocycles. The molecule has 1 aromatic rings. The fraction of sp³-hybridized carbons (Fsp3) is 0.200. The van der Waals surface area contributed by atoms with Gasteiger partial charge in [-0.2, -0.15) is 0 Å². The number of allylic oxidation sites excluding steroid dienone is 2. The fourth-order valence-corrected chi connectivity index (χ4v) is 2.58. The first-order chi connectivity index (χ1) is 8.79. The number of nitrogens with zero attached hydrogens (tertiary/aromatic N) is 1. The van der Waals surface area contributed by atoms with Crippen molar-refractivity contribution in [3.05, 3.63) is 54.6 Å². The number of hydrogen-bond donors (Lipinski definition) is 0. The zero-order chi connectivity index (χ0) is 12.8. The molecule has 0 unspecified atom stereocenters. The first kappa shape index (κ1) is 12.8. The molecule has 0 saturated heterocycles. The summed E-state index contributed by atoms with van der Waals surface area (Å²) in [5, 5.41) is 1.01. The van der Waals surface area contributed by atoms with Crippen molar-refractivity contribution in [1.29, 1.82) is 0 Å². The van der Waals surface area contributed by atoms with Crippen molar-refractivity contribution in [2.45, 2.75) is 6.42 Å². The summed E-state index contributed by atoms with van der Waals surface area (Å²) in [6.07, 6.45) is 4.25. The van der Waals surface area contributed by atoms with E-state index in [0.717, 1.165) is 22.6 Å². The number of hydrogen-bond acceptors (Lipinski definition) is 3. The van der Waals surface area contributed by atoms with E-state index in [1.165, 1.54) is 11.8 Å². The maximum Gasteiger partial charge on any atom is 0.166 e. The highest BCUT2D eigenvalue weighted by atomic mass is 32.2. The molecule has 2 nitrogen and oxygen atoms in total. The highest BCUT2D eigenvalue weighted by Gasteiger charge is 2.14. The molecule has 0 spiro atoms. The third kappa shape index (κ3) is 3.44. The third-order valence-electron chi connectivity index (χ3n) is 2.60. The van der Waals surface area contributed by atoms with Crippen molar-refractivity contribution in [3.63, 3.8) is 0 Å². The second-order valence-corrected chi connectivity index (χ2v) is 5.04. The lowest BCUT2D eigenvalue weighted by Gasteiger charge is -2.06. The summed E-state index contributed by atoms with van der Waals surface area (Å²) in [5.74, 6) is 0.634. The molecule has 1 aliphatic rings. The number of ketones is 1. The Kier molecular flexibility index (Phi) is 4.53. The molecule has 1 aliphatic heterocycles. The second-order valence-electron chi connectivity index (χ2n) is 3.99. The van der Waals surface area contributed by atoms with Gasteiger partial charge in [0.2, 0.25) is 0 Å². The summed E-state index contributed by atoms with van der Waals surface area (Å²) < 4.78 is 0. The molecule has 1 heterocycles. The Balaban J connectivity index is 2.26. The van der Waals surface area contributed by atoms with E-state index >= 15 is 0 Å². The Hall–Kier alpha value is -1.61. The van der Waals surface area contributed by atoms with Gasteiger partial charge in [-0.3, -0.25) is 9.79 Å². The van der Waals surface area contributed by atoms with E-state index < -0.39 is 0 Å². The predicted molar refractivity (Wildman–Crippen MR) is 79.0 cm³/mol. The maximum atomic E-state index is 11.7. The van der Waals surface area contributed by atoms with E-state index in [1.54, 1.807) is 12.2 Å². The molecule has 0 amide bonds. The first-order valence-corrected chi connectivity index (χ1v) is 6.84. The molecule has 0 radical (unpaired) electrons. The predicted octanol–water partition coefficient (Wildman–Crippen LogP) is 3.36. The van der Waals surface area contributed by atoms with Crippen LogP contribution in [0.25, 0.3) is 5.57 Å². The Labute approximate surface area is 112 Å². The van der Waals surface area contributed by atoms with Crippen LogP contribution in [0.4, 0.5) is 0 Å². The number of aliphatic imine (C=N–C) groups is 1. The van der Waals surface area contributed by atoms with Crippen molar-refractivity contribution in [3.8, 4) is 0 Å². The van der Waals surface area contributed by atoms with E-state index in [1.807, 2.05) is 30.3 Å². The lowest BCUT2D eigenvalue weighted by Crippen LogP contribution is -1.97. The Morgan fingerprint density at radius 1 is 1.33 bits per heavy atom. The zero-order valence-electron chi connectivity index (χ0n) is 10.1. The highest BCUT2D eigenvalue weighted by Crippen LogP contribution is 2.26. The molecular formula is C15H15NOS. The number of carbonyl (C=O) groups excluding carboxylic acids is 1. The molecule has 0 bridgehead atoms. The standard InChI is InChI=1S/C15H15NOS/c1-2-8-16-15-10-13(9-14(17)11-18-15)12-6-4-3-5-7-12/h2-7,9H,1,8,10-11H2. The van der Waals surface area contributed by atoms with Gasteiger partial charge in [-0.15, -0.1) is 18.3 Å². The van der Waals surface area contributed by atoms with Crippen molar-refractivity contribution in [2.75, 3.05) is 12.3 Å². The molecular weight excluding hydrogens is 242 g/mol. The first-order valence-electron chi connectivity index (χ1n) is 5.85. The average Bonchev–Trinajstić information content (AvgIpc) is 2.59. The Morgan fingerprint density at radius 2 is 2.11 bits per heavy atom. The monoisotopic (exact) mass is 257 g/mol. The second kappa shape index (κ2) is 6.36. The summed E-state index contributed by atoms with van der Waals surface area (Å²) in [6.45, 7) is 4.27. The molecule has 0 saturated carbocycles. The summed E-state index contributed by atoms with van der Waals surface area (Å²) >= 11 is 1.53. The highest BCUT2D eigenvalue weighted by molar-refractivity contribution is 8.14. The molecule has 0 N–H and O–H groups in total. The normalized spacial score (nSPS) is 18.3. The number of carbonyl (C=O) groups is 1. The topological polar surface area (TPSA) is 29.4 Å². The smallest absolute Gasteiger partial charge is 0.166 e. The van der Waals surface area contributed by atoms with Crippen molar-refractivity contribution < 1.29 is 4.79 Å². The summed E-state index contributed by atoms with van der Waals surface area (Å²) in [4.78, 5) is 16.2. The Morgan fingerprint density at radius 3 is 2.83 bits per heavy atom. The van der Waals surface area contributed by atoms with Crippen LogP contribution in [0.3, 0.4) is 0 Å². The summed E-state index contributed by atoms with van der Waals surface area (Å²) in [5.41, 5.74) is 2.15. The molecule has 0 atom stereocenters. The van der Waals surface area contributed by atoms with Gasteiger partial charge in [-0.1, -0.05) is 36.4 Å². The molecule has 92 valence electrons. The van der Waals surface area contributed by atoms with Crippen LogP contribution in [0.15, 0.2) is 54.1 Å². The van der Waals surface area contributed by atoms with Crippen LogP contribution in [0.2, 0.25) is 0 Å². The van der Waals surface area contributed by atoms with Gasteiger partial charge in [-0.25, -0.2) is 0 Å². The van der Waals surface area contributed by atoms with Gasteiger partial charge < -0.3 is 0 Å². The van der Waals surface area contributed by atoms with Crippen molar-refractivity contribution in [1.82, 2.24) is 0 Å². The molecule has 3 heteroatoms. The van der Waals surface area contributed by atoms with Crippen LogP contribution in [-0.4, -0.2) is 23.1 Å².